The van der Waals surface area contributed by atoms with Crippen molar-refractivity contribution in [2.45, 2.75) is 25.3 Å². The minimum Gasteiger partial charge on any atom is -0.369 e. The first-order valence-electron chi connectivity index (χ1n) is 4.74. The van der Waals surface area contributed by atoms with Crippen molar-refractivity contribution in [2.75, 3.05) is 14.1 Å². The van der Waals surface area contributed by atoms with Crippen LogP contribution in [0.3, 0.4) is 0 Å². The Labute approximate surface area is 82.8 Å². The molecule has 5 heteroatoms. The Hall–Kier alpha value is -1.39. The summed E-state index contributed by atoms with van der Waals surface area (Å²) in [4.78, 5) is 10.3. The largest absolute Gasteiger partial charge is 0.369 e. The Morgan fingerprint density at radius 1 is 1.57 bits per heavy atom. The maximum Gasteiger partial charge on any atom is 0.248 e. The molecule has 2 rings (SSSR count). The van der Waals surface area contributed by atoms with E-state index < -0.39 is 0 Å². The number of nitrogens with zero attached hydrogens (tertiary/aromatic N) is 4. The Kier molecular flexibility index (Phi) is 2.47. The van der Waals surface area contributed by atoms with Crippen LogP contribution in [0.25, 0.3) is 0 Å². The van der Waals surface area contributed by atoms with Crippen LogP contribution < -0.4 is 0 Å². The van der Waals surface area contributed by atoms with Crippen molar-refractivity contribution in [1.29, 1.82) is 0 Å². The van der Waals surface area contributed by atoms with Crippen molar-refractivity contribution in [3.63, 3.8) is 0 Å². The summed E-state index contributed by atoms with van der Waals surface area (Å²) in [7, 11) is 3.85. The Morgan fingerprint density at radius 2 is 2.36 bits per heavy atom. The summed E-state index contributed by atoms with van der Waals surface area (Å²) < 4.78 is 5.05. The molecule has 0 spiro atoms. The van der Waals surface area contributed by atoms with Crippen LogP contribution in [0.2, 0.25) is 0 Å². The quantitative estimate of drug-likeness (QED) is 0.530. The van der Waals surface area contributed by atoms with Gasteiger partial charge in [0.2, 0.25) is 5.89 Å². The van der Waals surface area contributed by atoms with Crippen molar-refractivity contribution in [3.05, 3.63) is 11.7 Å². The highest BCUT2D eigenvalue weighted by Gasteiger charge is 2.28. The van der Waals surface area contributed by atoms with Crippen molar-refractivity contribution in [3.8, 4) is 0 Å². The minimum absolute atomic E-state index is 0.470. The molecule has 1 aromatic rings. The zero-order valence-electron chi connectivity index (χ0n) is 8.47. The highest BCUT2D eigenvalue weighted by atomic mass is 16.5. The van der Waals surface area contributed by atoms with Crippen molar-refractivity contribution in [1.82, 2.24) is 15.0 Å². The van der Waals surface area contributed by atoms with Crippen LogP contribution in [0, 0.1) is 0 Å². The van der Waals surface area contributed by atoms with Gasteiger partial charge in [0.1, 0.15) is 6.54 Å². The molecular weight excluding hydrogens is 180 g/mol. The smallest absolute Gasteiger partial charge is 0.248 e. The van der Waals surface area contributed by atoms with Gasteiger partial charge in [0.05, 0.1) is 6.34 Å². The van der Waals surface area contributed by atoms with Crippen LogP contribution in [0.1, 0.15) is 30.5 Å². The van der Waals surface area contributed by atoms with Crippen molar-refractivity contribution in [2.24, 2.45) is 4.99 Å². The van der Waals surface area contributed by atoms with Gasteiger partial charge in [0, 0.05) is 20.0 Å². The first-order valence-corrected chi connectivity index (χ1v) is 4.74. The molecule has 5 nitrogen and oxygen atoms in total. The summed E-state index contributed by atoms with van der Waals surface area (Å²) in [6.45, 7) is 0.470. The second-order valence-electron chi connectivity index (χ2n) is 3.74. The molecule has 14 heavy (non-hydrogen) atoms. The van der Waals surface area contributed by atoms with Crippen LogP contribution in [0.5, 0.6) is 0 Å². The summed E-state index contributed by atoms with van der Waals surface area (Å²) in [6, 6.07) is 0. The lowest BCUT2D eigenvalue weighted by Gasteiger charge is -2.00. The average molecular weight is 194 g/mol. The predicted octanol–water partition coefficient (Wildman–Crippen LogP) is 1.04. The third-order valence-electron chi connectivity index (χ3n) is 1.97. The maximum absolute atomic E-state index is 5.05. The van der Waals surface area contributed by atoms with Gasteiger partial charge in [-0.1, -0.05) is 5.16 Å². The summed E-state index contributed by atoms with van der Waals surface area (Å²) in [6.07, 6.45) is 4.13. The molecule has 1 heterocycles. The van der Waals surface area contributed by atoms with E-state index in [2.05, 4.69) is 15.1 Å². The lowest BCUT2D eigenvalue weighted by Crippen LogP contribution is -2.07. The van der Waals surface area contributed by atoms with E-state index in [1.807, 2.05) is 19.0 Å². The molecule has 1 aliphatic carbocycles. The van der Waals surface area contributed by atoms with Gasteiger partial charge < -0.3 is 9.42 Å². The summed E-state index contributed by atoms with van der Waals surface area (Å²) in [5, 5.41) is 3.90. The number of hydrogen-bond donors (Lipinski definition) is 0. The van der Waals surface area contributed by atoms with Crippen LogP contribution in [0.15, 0.2) is 9.52 Å². The van der Waals surface area contributed by atoms with Crippen LogP contribution in [-0.4, -0.2) is 35.5 Å². The van der Waals surface area contributed by atoms with E-state index in [9.17, 15) is 0 Å². The van der Waals surface area contributed by atoms with Crippen LogP contribution in [0.4, 0.5) is 0 Å². The molecular formula is C9H14N4O. The molecule has 76 valence electrons. The van der Waals surface area contributed by atoms with Gasteiger partial charge in [-0.15, -0.1) is 0 Å². The molecule has 0 N–H and O–H groups in total. The zero-order valence-corrected chi connectivity index (χ0v) is 8.47. The fourth-order valence-electron chi connectivity index (χ4n) is 1.12. The second-order valence-corrected chi connectivity index (χ2v) is 3.74. The molecule has 0 aromatic carbocycles. The Morgan fingerprint density at radius 3 is 3.00 bits per heavy atom. The van der Waals surface area contributed by atoms with Crippen molar-refractivity contribution >= 4 is 6.34 Å². The molecule has 0 unspecified atom stereocenters. The topological polar surface area (TPSA) is 54.5 Å². The Bertz CT molecular complexity index is 327. The van der Waals surface area contributed by atoms with E-state index >= 15 is 0 Å². The van der Waals surface area contributed by atoms with Gasteiger partial charge in [-0.05, 0) is 12.8 Å². The molecule has 1 aromatic heterocycles. The van der Waals surface area contributed by atoms with Crippen LogP contribution >= 0.6 is 0 Å². The molecule has 0 radical (unpaired) electrons. The first-order chi connectivity index (χ1) is 6.75. The van der Waals surface area contributed by atoms with E-state index in [4.69, 9.17) is 4.52 Å². The van der Waals surface area contributed by atoms with Crippen LogP contribution in [-0.2, 0) is 6.54 Å². The molecule has 0 atom stereocenters. The molecule has 1 fully saturated rings. The molecule has 1 saturated carbocycles. The van der Waals surface area contributed by atoms with Gasteiger partial charge in [-0.2, -0.15) is 4.98 Å². The monoisotopic (exact) mass is 194 g/mol. The van der Waals surface area contributed by atoms with Gasteiger partial charge in [0.15, 0.2) is 5.82 Å². The van der Waals surface area contributed by atoms with Gasteiger partial charge in [-0.3, -0.25) is 4.99 Å². The second kappa shape index (κ2) is 3.77. The standard InChI is InChI=1S/C9H14N4O/c1-13(2)6-10-5-8-11-9(12-14-8)7-3-4-7/h6-7H,3-5H2,1-2H3/b10-6+. The Balaban J connectivity index is 1.89. The van der Waals surface area contributed by atoms with E-state index in [-0.39, 0.29) is 0 Å². The third-order valence-corrected chi connectivity index (χ3v) is 1.97. The predicted molar refractivity (Wildman–Crippen MR) is 52.2 cm³/mol. The SMILES string of the molecule is CN(C)/C=N/Cc1nc(C2CC2)no1. The van der Waals surface area contributed by atoms with E-state index in [1.165, 1.54) is 12.8 Å². The number of rotatable bonds is 4. The third kappa shape index (κ3) is 2.31. The van der Waals surface area contributed by atoms with Gasteiger partial charge in [0.25, 0.3) is 0 Å². The molecule has 1 aliphatic rings. The normalized spacial score (nSPS) is 16.4. The minimum atomic E-state index is 0.470. The lowest BCUT2D eigenvalue weighted by atomic mass is 10.4. The van der Waals surface area contributed by atoms with Crippen molar-refractivity contribution < 1.29 is 4.52 Å². The zero-order chi connectivity index (χ0) is 9.97. The molecule has 0 amide bonds. The highest BCUT2D eigenvalue weighted by Crippen LogP contribution is 2.38. The molecule has 0 bridgehead atoms. The fourth-order valence-corrected chi connectivity index (χ4v) is 1.12. The van der Waals surface area contributed by atoms with E-state index in [0.717, 1.165) is 5.82 Å². The summed E-state index contributed by atoms with van der Waals surface area (Å²) in [5.74, 6) is 2.00. The van der Waals surface area contributed by atoms with E-state index in [1.54, 1.807) is 6.34 Å². The molecule has 0 aliphatic heterocycles. The number of hydrogen-bond acceptors (Lipinski definition) is 4. The average Bonchev–Trinajstić information content (AvgIpc) is 2.87. The fraction of sp³-hybridized carbons (Fsp3) is 0.667. The number of aromatic nitrogens is 2. The van der Waals surface area contributed by atoms with Gasteiger partial charge >= 0.3 is 0 Å². The summed E-state index contributed by atoms with van der Waals surface area (Å²) in [5.41, 5.74) is 0. The van der Waals surface area contributed by atoms with E-state index in [0.29, 0.717) is 18.4 Å². The van der Waals surface area contributed by atoms with Gasteiger partial charge in [-0.25, -0.2) is 0 Å². The first kappa shape index (κ1) is 9.18. The molecule has 0 saturated heterocycles. The lowest BCUT2D eigenvalue weighted by molar-refractivity contribution is 0.375. The summed E-state index contributed by atoms with van der Waals surface area (Å²) >= 11 is 0. The maximum atomic E-state index is 5.05. The number of aliphatic imine (C=N–C) groups is 1. The highest BCUT2D eigenvalue weighted by molar-refractivity contribution is 5.53.